The first kappa shape index (κ1) is 34.0. The molecule has 0 saturated heterocycles. The molecule has 2 atom stereocenters. The summed E-state index contributed by atoms with van der Waals surface area (Å²) in [4.78, 5) is 16.6. The minimum absolute atomic E-state index is 0.0699. The maximum absolute atomic E-state index is 12.1. The number of carbonyl (C=O) groups is 1. The van der Waals surface area contributed by atoms with E-state index in [1.165, 1.54) is 6.92 Å². The van der Waals surface area contributed by atoms with E-state index in [9.17, 15) is 4.79 Å². The van der Waals surface area contributed by atoms with Gasteiger partial charge in [-0.15, -0.1) is 0 Å². The van der Waals surface area contributed by atoms with Crippen molar-refractivity contribution in [2.75, 3.05) is 61.7 Å². The first-order valence-corrected chi connectivity index (χ1v) is 14.6. The standard InChI is InChI=1S/C33H49N3O7/c1-12-14-40-30-23(6)32-31(42-19-43-32)22(5)25(30)16-26(36(13-2)17-34-24(7)37)28(35(8)9)27-20(3)15-21(4)29(39-11)33(27)41-18-38-10/h12,15,26,28H,1,13-14,16-19H2,2-11H3,(H,34,37)/t26?,28-/m0/s1. The van der Waals surface area contributed by atoms with Crippen LogP contribution in [0.4, 0.5) is 0 Å². The summed E-state index contributed by atoms with van der Waals surface area (Å²) in [5.41, 5.74) is 5.88. The van der Waals surface area contributed by atoms with Gasteiger partial charge >= 0.3 is 0 Å². The average molecular weight is 600 g/mol. The van der Waals surface area contributed by atoms with Crippen LogP contribution in [0.5, 0.6) is 28.7 Å². The molecule has 2 aromatic rings. The smallest absolute Gasteiger partial charge is 0.231 e. The Labute approximate surface area is 256 Å². The average Bonchev–Trinajstić information content (AvgIpc) is 3.46. The molecule has 1 N–H and O–H groups in total. The Bertz CT molecular complexity index is 1290. The molecule has 2 aromatic carbocycles. The Morgan fingerprint density at radius 1 is 1.05 bits per heavy atom. The van der Waals surface area contributed by atoms with E-state index in [1.807, 2.05) is 20.8 Å². The number of hydrogen-bond donors (Lipinski definition) is 1. The number of aryl methyl sites for hydroxylation is 2. The van der Waals surface area contributed by atoms with Gasteiger partial charge in [-0.3, -0.25) is 9.69 Å². The van der Waals surface area contributed by atoms with Gasteiger partial charge < -0.3 is 38.6 Å². The van der Waals surface area contributed by atoms with E-state index >= 15 is 0 Å². The zero-order chi connectivity index (χ0) is 31.8. The lowest BCUT2D eigenvalue weighted by Crippen LogP contribution is -2.50. The number of likely N-dealkylation sites (N-methyl/N-ethyl adjacent to an activating group) is 2. The van der Waals surface area contributed by atoms with Gasteiger partial charge in [0.1, 0.15) is 12.4 Å². The number of benzene rings is 2. The molecule has 1 heterocycles. The van der Waals surface area contributed by atoms with Crippen molar-refractivity contribution in [2.24, 2.45) is 0 Å². The molecule has 1 aliphatic heterocycles. The minimum Gasteiger partial charge on any atom is -0.493 e. The van der Waals surface area contributed by atoms with Crippen molar-refractivity contribution < 1.29 is 33.2 Å². The van der Waals surface area contributed by atoms with E-state index in [0.717, 1.165) is 44.9 Å². The van der Waals surface area contributed by atoms with Crippen LogP contribution in [0.1, 0.15) is 53.3 Å². The van der Waals surface area contributed by atoms with Crippen molar-refractivity contribution in [2.45, 2.75) is 60.0 Å². The number of hydrogen-bond acceptors (Lipinski definition) is 9. The summed E-state index contributed by atoms with van der Waals surface area (Å²) in [6.07, 6.45) is 2.31. The van der Waals surface area contributed by atoms with Crippen LogP contribution in [0.15, 0.2) is 18.7 Å². The second kappa shape index (κ2) is 15.3. The second-order valence-electron chi connectivity index (χ2n) is 11.0. The summed E-state index contributed by atoms with van der Waals surface area (Å²) in [5.74, 6) is 3.41. The molecule has 10 nitrogen and oxygen atoms in total. The lowest BCUT2D eigenvalue weighted by atomic mass is 9.85. The quantitative estimate of drug-likeness (QED) is 0.215. The first-order valence-electron chi connectivity index (χ1n) is 14.6. The fourth-order valence-electron chi connectivity index (χ4n) is 6.01. The fraction of sp³-hybridized carbons (Fsp3) is 0.545. The zero-order valence-corrected chi connectivity index (χ0v) is 27.5. The molecule has 0 fully saturated rings. The number of methoxy groups -OCH3 is 2. The van der Waals surface area contributed by atoms with Crippen LogP contribution < -0.4 is 29.0 Å². The number of amides is 1. The highest BCUT2D eigenvalue weighted by molar-refractivity contribution is 5.72. The Kier molecular flexibility index (Phi) is 12.1. The predicted octanol–water partition coefficient (Wildman–Crippen LogP) is 4.83. The Morgan fingerprint density at radius 2 is 1.72 bits per heavy atom. The topological polar surface area (TPSA) is 91.0 Å². The van der Waals surface area contributed by atoms with Crippen LogP contribution in [-0.4, -0.2) is 83.5 Å². The van der Waals surface area contributed by atoms with E-state index < -0.39 is 0 Å². The normalized spacial score (nSPS) is 13.7. The van der Waals surface area contributed by atoms with E-state index in [1.54, 1.807) is 20.3 Å². The molecule has 1 amide bonds. The number of fused-ring (bicyclic) bond motifs is 1. The molecule has 10 heteroatoms. The Morgan fingerprint density at radius 3 is 2.28 bits per heavy atom. The third-order valence-electron chi connectivity index (χ3n) is 7.94. The van der Waals surface area contributed by atoms with Gasteiger partial charge in [-0.1, -0.05) is 25.6 Å². The molecule has 1 unspecified atom stereocenters. The monoisotopic (exact) mass is 599 g/mol. The van der Waals surface area contributed by atoms with Gasteiger partial charge in [0.15, 0.2) is 29.8 Å². The third kappa shape index (κ3) is 7.37. The lowest BCUT2D eigenvalue weighted by molar-refractivity contribution is -0.119. The summed E-state index contributed by atoms with van der Waals surface area (Å²) < 4.78 is 35.6. The van der Waals surface area contributed by atoms with Crippen molar-refractivity contribution in [3.05, 3.63) is 52.1 Å². The largest absolute Gasteiger partial charge is 0.493 e. The summed E-state index contributed by atoms with van der Waals surface area (Å²) in [6.45, 7) is 17.2. The molecule has 0 saturated carbocycles. The molecule has 238 valence electrons. The maximum atomic E-state index is 12.1. The van der Waals surface area contributed by atoms with Crippen molar-refractivity contribution >= 4 is 5.91 Å². The highest BCUT2D eigenvalue weighted by atomic mass is 16.7. The van der Waals surface area contributed by atoms with Gasteiger partial charge in [0.05, 0.1) is 19.8 Å². The Balaban J connectivity index is 2.33. The van der Waals surface area contributed by atoms with Crippen LogP contribution in [0, 0.1) is 27.7 Å². The summed E-state index contributed by atoms with van der Waals surface area (Å²) in [5, 5.41) is 3.02. The first-order chi connectivity index (χ1) is 20.5. The highest BCUT2D eigenvalue weighted by Crippen LogP contribution is 2.49. The summed E-state index contributed by atoms with van der Waals surface area (Å²) >= 11 is 0. The second-order valence-corrected chi connectivity index (χ2v) is 11.0. The Hall–Kier alpha value is -3.47. The van der Waals surface area contributed by atoms with Gasteiger partial charge in [0.25, 0.3) is 0 Å². The molecular weight excluding hydrogens is 550 g/mol. The molecular formula is C33H49N3O7. The highest BCUT2D eigenvalue weighted by Gasteiger charge is 2.37. The molecule has 0 spiro atoms. The van der Waals surface area contributed by atoms with Crippen LogP contribution in [-0.2, 0) is 16.0 Å². The van der Waals surface area contributed by atoms with E-state index in [4.69, 9.17) is 28.4 Å². The summed E-state index contributed by atoms with van der Waals surface area (Å²) in [6, 6.07) is 1.76. The van der Waals surface area contributed by atoms with Gasteiger partial charge in [0, 0.05) is 42.3 Å². The number of ether oxygens (including phenoxy) is 6. The molecule has 0 radical (unpaired) electrons. The molecule has 43 heavy (non-hydrogen) atoms. The lowest BCUT2D eigenvalue weighted by Gasteiger charge is -2.42. The number of carbonyl (C=O) groups excluding carboxylic acids is 1. The van der Waals surface area contributed by atoms with Gasteiger partial charge in [-0.05, 0) is 65.9 Å². The van der Waals surface area contributed by atoms with Crippen LogP contribution in [0.25, 0.3) is 0 Å². The number of rotatable bonds is 16. The van der Waals surface area contributed by atoms with Crippen LogP contribution >= 0.6 is 0 Å². The van der Waals surface area contributed by atoms with Crippen molar-refractivity contribution in [3.8, 4) is 28.7 Å². The van der Waals surface area contributed by atoms with E-state index in [-0.39, 0.29) is 31.6 Å². The van der Waals surface area contributed by atoms with Crippen molar-refractivity contribution in [1.29, 1.82) is 0 Å². The fourth-order valence-corrected chi connectivity index (χ4v) is 6.01. The van der Waals surface area contributed by atoms with Crippen LogP contribution in [0.3, 0.4) is 0 Å². The van der Waals surface area contributed by atoms with Crippen molar-refractivity contribution in [3.63, 3.8) is 0 Å². The van der Waals surface area contributed by atoms with E-state index in [0.29, 0.717) is 43.5 Å². The SMILES string of the molecule is C=CCOc1c(C)c2c(c(C)c1CC([C@@H](c1c(C)cc(C)c(OC)c1OCOC)N(C)C)N(CC)CNC(C)=O)OCO2. The minimum atomic E-state index is -0.201. The van der Waals surface area contributed by atoms with Gasteiger partial charge in [0.2, 0.25) is 12.7 Å². The number of nitrogens with one attached hydrogen (secondary N) is 1. The van der Waals surface area contributed by atoms with Crippen LogP contribution in [0.2, 0.25) is 0 Å². The van der Waals surface area contributed by atoms with Crippen molar-refractivity contribution in [1.82, 2.24) is 15.1 Å². The number of nitrogens with zero attached hydrogens (tertiary/aromatic N) is 2. The molecule has 3 rings (SSSR count). The zero-order valence-electron chi connectivity index (χ0n) is 27.5. The van der Waals surface area contributed by atoms with E-state index in [2.05, 4.69) is 55.7 Å². The van der Waals surface area contributed by atoms with Gasteiger partial charge in [-0.25, -0.2) is 0 Å². The van der Waals surface area contributed by atoms with Gasteiger partial charge in [-0.2, -0.15) is 0 Å². The predicted molar refractivity (Wildman–Crippen MR) is 168 cm³/mol. The maximum Gasteiger partial charge on any atom is 0.231 e. The molecule has 0 aliphatic carbocycles. The molecule has 1 aliphatic rings. The third-order valence-corrected chi connectivity index (χ3v) is 7.94. The summed E-state index contributed by atoms with van der Waals surface area (Å²) in [7, 11) is 7.37. The molecule has 0 aromatic heterocycles. The molecule has 0 bridgehead atoms.